The van der Waals surface area contributed by atoms with Crippen LogP contribution in [0.3, 0.4) is 0 Å². The number of nitrogens with zero attached hydrogens (tertiary/aromatic N) is 2. The van der Waals surface area contributed by atoms with E-state index in [9.17, 15) is 14.4 Å². The van der Waals surface area contributed by atoms with Crippen molar-refractivity contribution >= 4 is 58.4 Å². The van der Waals surface area contributed by atoms with Crippen LogP contribution >= 0.6 is 23.2 Å². The first-order chi connectivity index (χ1) is 16.9. The van der Waals surface area contributed by atoms with Gasteiger partial charge in [-0.3, -0.25) is 14.4 Å². The maximum atomic E-state index is 13.8. The summed E-state index contributed by atoms with van der Waals surface area (Å²) in [5.74, 6) is -2.66. The summed E-state index contributed by atoms with van der Waals surface area (Å²) in [6.07, 6.45) is 3.74. The molecule has 8 heteroatoms. The number of anilines is 2. The Bertz CT molecular complexity index is 1400. The molecule has 0 saturated carbocycles. The molecular formula is C27H19Cl2N3O3. The average Bonchev–Trinajstić information content (AvgIpc) is 3.33. The topological polar surface area (TPSA) is 69.7 Å². The summed E-state index contributed by atoms with van der Waals surface area (Å²) < 4.78 is 0. The van der Waals surface area contributed by atoms with E-state index in [4.69, 9.17) is 23.2 Å². The van der Waals surface area contributed by atoms with Crippen molar-refractivity contribution in [3.8, 4) is 0 Å². The van der Waals surface area contributed by atoms with Crippen LogP contribution in [0.4, 0.5) is 11.4 Å². The Hall–Kier alpha value is -3.61. The molecule has 6 rings (SSSR count). The second-order valence-corrected chi connectivity index (χ2v) is 9.69. The van der Waals surface area contributed by atoms with Crippen LogP contribution in [0.5, 0.6) is 0 Å². The molecule has 3 aromatic rings. The van der Waals surface area contributed by atoms with Gasteiger partial charge >= 0.3 is 0 Å². The van der Waals surface area contributed by atoms with Crippen molar-refractivity contribution in [3.63, 3.8) is 0 Å². The van der Waals surface area contributed by atoms with Gasteiger partial charge in [-0.2, -0.15) is 0 Å². The highest BCUT2D eigenvalue weighted by Crippen LogP contribution is 2.53. The predicted molar refractivity (Wildman–Crippen MR) is 135 cm³/mol. The van der Waals surface area contributed by atoms with Gasteiger partial charge in [-0.15, -0.1) is 0 Å². The van der Waals surface area contributed by atoms with Crippen molar-refractivity contribution in [2.24, 2.45) is 11.8 Å². The van der Waals surface area contributed by atoms with Gasteiger partial charge < -0.3 is 10.2 Å². The second kappa shape index (κ2) is 8.26. The first kappa shape index (κ1) is 21.9. The molecule has 3 aliphatic heterocycles. The van der Waals surface area contributed by atoms with Crippen LogP contribution in [-0.4, -0.2) is 28.7 Å². The summed E-state index contributed by atoms with van der Waals surface area (Å²) in [6, 6.07) is 19.8. The van der Waals surface area contributed by atoms with E-state index in [-0.39, 0.29) is 11.8 Å². The summed E-state index contributed by atoms with van der Waals surface area (Å²) in [4.78, 5) is 44.3. The van der Waals surface area contributed by atoms with Gasteiger partial charge in [0.05, 0.1) is 23.6 Å². The molecule has 0 radical (unpaired) electrons. The molecule has 174 valence electrons. The number of amides is 3. The molecule has 0 aliphatic carbocycles. The lowest BCUT2D eigenvalue weighted by Crippen LogP contribution is -2.46. The van der Waals surface area contributed by atoms with Gasteiger partial charge in [0.25, 0.3) is 0 Å². The highest BCUT2D eigenvalue weighted by Gasteiger charge is 2.64. The third-order valence-corrected chi connectivity index (χ3v) is 7.40. The number of rotatable bonds is 3. The third-order valence-electron chi connectivity index (χ3n) is 6.91. The molecule has 3 aliphatic rings. The van der Waals surface area contributed by atoms with Crippen LogP contribution in [0.1, 0.15) is 17.2 Å². The summed E-state index contributed by atoms with van der Waals surface area (Å²) in [7, 11) is 0. The lowest BCUT2D eigenvalue weighted by Gasteiger charge is -2.35. The van der Waals surface area contributed by atoms with E-state index < -0.39 is 29.8 Å². The monoisotopic (exact) mass is 503 g/mol. The number of fused-ring (bicyclic) bond motifs is 5. The van der Waals surface area contributed by atoms with Gasteiger partial charge in [0.2, 0.25) is 17.7 Å². The van der Waals surface area contributed by atoms with E-state index in [1.807, 2.05) is 41.4 Å². The van der Waals surface area contributed by atoms with Crippen LogP contribution in [0.2, 0.25) is 10.0 Å². The number of carbonyl (C=O) groups is 3. The lowest BCUT2D eigenvalue weighted by atomic mass is 9.84. The molecule has 2 fully saturated rings. The smallest absolute Gasteiger partial charge is 0.247 e. The molecule has 0 bridgehead atoms. The van der Waals surface area contributed by atoms with Crippen LogP contribution in [0.15, 0.2) is 79.0 Å². The van der Waals surface area contributed by atoms with Crippen LogP contribution in [-0.2, 0) is 14.4 Å². The van der Waals surface area contributed by atoms with Gasteiger partial charge in [-0.25, -0.2) is 4.90 Å². The van der Waals surface area contributed by atoms with Crippen molar-refractivity contribution in [3.05, 3.63) is 100 Å². The zero-order valence-electron chi connectivity index (χ0n) is 18.3. The molecule has 3 heterocycles. The molecule has 2 saturated heterocycles. The van der Waals surface area contributed by atoms with Gasteiger partial charge in [-0.05, 0) is 59.7 Å². The number of nitrogens with one attached hydrogen (secondary N) is 1. The Morgan fingerprint density at radius 1 is 0.829 bits per heavy atom. The molecule has 0 unspecified atom stereocenters. The molecule has 3 amide bonds. The minimum atomic E-state index is -0.870. The maximum Gasteiger partial charge on any atom is 0.247 e. The van der Waals surface area contributed by atoms with Crippen molar-refractivity contribution < 1.29 is 14.4 Å². The zero-order chi connectivity index (χ0) is 24.3. The van der Waals surface area contributed by atoms with Crippen molar-refractivity contribution in [1.82, 2.24) is 4.90 Å². The van der Waals surface area contributed by atoms with E-state index in [0.29, 0.717) is 21.4 Å². The summed E-state index contributed by atoms with van der Waals surface area (Å²) in [6.45, 7) is 0. The molecule has 0 spiro atoms. The van der Waals surface area contributed by atoms with Crippen molar-refractivity contribution in [2.75, 3.05) is 10.2 Å². The SMILES string of the molecule is O=C(Nc1ccc(Cl)cc1)[C@@H]1[C@@H]2C(=O)N(c3cccc(Cl)c3)C(=O)[C@@H]2[C@H]2c3ccccc3C=CN12. The van der Waals surface area contributed by atoms with E-state index >= 15 is 0 Å². The minimum Gasteiger partial charge on any atom is -0.357 e. The van der Waals surface area contributed by atoms with E-state index in [0.717, 1.165) is 11.1 Å². The summed E-state index contributed by atoms with van der Waals surface area (Å²) in [5.41, 5.74) is 2.85. The van der Waals surface area contributed by atoms with Crippen LogP contribution in [0.25, 0.3) is 6.08 Å². The Morgan fingerprint density at radius 3 is 2.34 bits per heavy atom. The van der Waals surface area contributed by atoms with Crippen LogP contribution < -0.4 is 10.2 Å². The fraction of sp³-hybridized carbons (Fsp3) is 0.148. The Balaban J connectivity index is 1.44. The van der Waals surface area contributed by atoms with E-state index in [1.54, 1.807) is 48.5 Å². The standard InChI is InChI=1S/C27H19Cl2N3O3/c28-16-8-10-18(11-9-16)30-25(33)24-22-21(23-20-7-2-1-4-15(20)12-13-31(23)24)26(34)32(27(22)35)19-6-3-5-17(29)14-19/h1-14,21-24H,(H,30,33)/t21-,22+,23+,24-/m0/s1. The number of carbonyl (C=O) groups excluding carboxylic acids is 3. The molecule has 6 nitrogen and oxygen atoms in total. The number of hydrogen-bond acceptors (Lipinski definition) is 4. The van der Waals surface area contributed by atoms with Gasteiger partial charge in [0, 0.05) is 21.9 Å². The van der Waals surface area contributed by atoms with Crippen LogP contribution in [0, 0.1) is 11.8 Å². The number of halogens is 2. The Morgan fingerprint density at radius 2 is 1.57 bits per heavy atom. The zero-order valence-corrected chi connectivity index (χ0v) is 19.8. The molecular weight excluding hydrogens is 485 g/mol. The normalized spacial score (nSPS) is 24.3. The first-order valence-electron chi connectivity index (χ1n) is 11.2. The predicted octanol–water partition coefficient (Wildman–Crippen LogP) is 5.15. The largest absolute Gasteiger partial charge is 0.357 e. The highest BCUT2D eigenvalue weighted by atomic mass is 35.5. The molecule has 3 aromatic carbocycles. The maximum absolute atomic E-state index is 13.8. The fourth-order valence-corrected chi connectivity index (χ4v) is 5.79. The average molecular weight is 504 g/mol. The minimum absolute atomic E-state index is 0.329. The number of hydrogen-bond donors (Lipinski definition) is 1. The van der Waals surface area contributed by atoms with Gasteiger partial charge in [0.15, 0.2) is 0 Å². The van der Waals surface area contributed by atoms with Gasteiger partial charge in [0.1, 0.15) is 6.04 Å². The Kier molecular flexibility index (Phi) is 5.16. The summed E-state index contributed by atoms with van der Waals surface area (Å²) >= 11 is 12.1. The second-order valence-electron chi connectivity index (χ2n) is 8.82. The molecule has 4 atom stereocenters. The molecule has 35 heavy (non-hydrogen) atoms. The highest BCUT2D eigenvalue weighted by molar-refractivity contribution is 6.31. The molecule has 0 aromatic heterocycles. The summed E-state index contributed by atoms with van der Waals surface area (Å²) in [5, 5.41) is 3.87. The Labute approximate surface area is 211 Å². The van der Waals surface area contributed by atoms with Gasteiger partial charge in [-0.1, -0.05) is 53.5 Å². The van der Waals surface area contributed by atoms with Crippen molar-refractivity contribution in [2.45, 2.75) is 12.1 Å². The molecule has 1 N–H and O–H groups in total. The van der Waals surface area contributed by atoms with E-state index in [2.05, 4.69) is 5.32 Å². The van der Waals surface area contributed by atoms with E-state index in [1.165, 1.54) is 4.90 Å². The fourth-order valence-electron chi connectivity index (χ4n) is 5.48. The first-order valence-corrected chi connectivity index (χ1v) is 11.9. The lowest BCUT2D eigenvalue weighted by molar-refractivity contribution is -0.128. The quantitative estimate of drug-likeness (QED) is 0.502. The third kappa shape index (κ3) is 3.44. The van der Waals surface area contributed by atoms with Crippen molar-refractivity contribution in [1.29, 1.82) is 0 Å². The number of benzene rings is 3. The number of imide groups is 1.